The molecule has 0 saturated carbocycles. The standard InChI is InChI=1S/C7H15NO/c1-5-9-7-6-8(2,3)4/h1,5H,6-7H2,2-4H3/q+1. The number of hydrogen-bond donors (Lipinski definition) is 0. The van der Waals surface area contributed by atoms with Crippen LogP contribution in [0.1, 0.15) is 0 Å². The summed E-state index contributed by atoms with van der Waals surface area (Å²) >= 11 is 0. The number of rotatable bonds is 4. The maximum absolute atomic E-state index is 5.00. The highest BCUT2D eigenvalue weighted by atomic mass is 16.5. The van der Waals surface area contributed by atoms with E-state index in [4.69, 9.17) is 11.3 Å². The molecule has 0 atom stereocenters. The van der Waals surface area contributed by atoms with Crippen molar-refractivity contribution in [2.24, 2.45) is 0 Å². The van der Waals surface area contributed by atoms with Gasteiger partial charge in [0.15, 0.2) is 0 Å². The van der Waals surface area contributed by atoms with Gasteiger partial charge in [-0.15, -0.1) is 0 Å². The topological polar surface area (TPSA) is 9.23 Å². The maximum atomic E-state index is 5.00. The van der Waals surface area contributed by atoms with Crippen LogP contribution in [-0.4, -0.2) is 38.8 Å². The smallest absolute Gasteiger partial charge is 0.136 e. The number of quaternary nitrogens is 1. The van der Waals surface area contributed by atoms with Crippen molar-refractivity contribution in [3.05, 3.63) is 12.8 Å². The van der Waals surface area contributed by atoms with E-state index >= 15 is 0 Å². The molecule has 0 N–H and O–H groups in total. The fourth-order valence-electron chi connectivity index (χ4n) is 0.395. The lowest BCUT2D eigenvalue weighted by Gasteiger charge is -2.22. The molecule has 0 aromatic heterocycles. The van der Waals surface area contributed by atoms with Gasteiger partial charge in [0, 0.05) is 0 Å². The number of likely N-dealkylation sites (N-methyl/N-ethyl adjacent to an activating group) is 1. The highest BCUT2D eigenvalue weighted by Gasteiger charge is 2.04. The van der Waals surface area contributed by atoms with E-state index in [-0.39, 0.29) is 0 Å². The Morgan fingerprint density at radius 3 is 2.33 bits per heavy atom. The molecular weight excluding hydrogens is 114 g/mol. The lowest BCUT2D eigenvalue weighted by Crippen LogP contribution is -2.37. The average Bonchev–Trinajstić information content (AvgIpc) is 1.63. The molecule has 53 valence electrons. The van der Waals surface area contributed by atoms with E-state index in [0.717, 1.165) is 11.0 Å². The van der Waals surface area contributed by atoms with Crippen molar-refractivity contribution < 1.29 is 9.22 Å². The van der Waals surface area contributed by atoms with Gasteiger partial charge in [-0.25, -0.2) is 0 Å². The monoisotopic (exact) mass is 129 g/mol. The third-order valence-electron chi connectivity index (χ3n) is 0.976. The zero-order valence-electron chi connectivity index (χ0n) is 6.42. The van der Waals surface area contributed by atoms with Crippen LogP contribution in [0.15, 0.2) is 6.26 Å². The minimum Gasteiger partial charge on any atom is -0.495 e. The van der Waals surface area contributed by atoms with Gasteiger partial charge in [0.1, 0.15) is 13.2 Å². The Labute approximate surface area is 57.3 Å². The highest BCUT2D eigenvalue weighted by molar-refractivity contribution is 4.41. The van der Waals surface area contributed by atoms with Crippen LogP contribution in [0, 0.1) is 6.58 Å². The summed E-state index contributed by atoms with van der Waals surface area (Å²) < 4.78 is 5.76. The molecule has 0 unspecified atom stereocenters. The van der Waals surface area contributed by atoms with Gasteiger partial charge >= 0.3 is 0 Å². The summed E-state index contributed by atoms with van der Waals surface area (Å²) in [4.78, 5) is 0. The first-order valence-electron chi connectivity index (χ1n) is 3.02. The Hall–Kier alpha value is -0.500. The van der Waals surface area contributed by atoms with Gasteiger partial charge in [-0.2, -0.15) is 0 Å². The van der Waals surface area contributed by atoms with Gasteiger partial charge < -0.3 is 9.22 Å². The van der Waals surface area contributed by atoms with Crippen molar-refractivity contribution >= 4 is 0 Å². The van der Waals surface area contributed by atoms with Crippen LogP contribution in [0.2, 0.25) is 0 Å². The van der Waals surface area contributed by atoms with Crippen molar-refractivity contribution in [2.45, 2.75) is 0 Å². The summed E-state index contributed by atoms with van der Waals surface area (Å²) in [6.45, 7) is 6.68. The van der Waals surface area contributed by atoms with E-state index in [1.165, 1.54) is 6.26 Å². The second-order valence-corrected chi connectivity index (χ2v) is 3.02. The van der Waals surface area contributed by atoms with Gasteiger partial charge in [0.2, 0.25) is 0 Å². The van der Waals surface area contributed by atoms with E-state index in [1.54, 1.807) is 0 Å². The van der Waals surface area contributed by atoms with Crippen LogP contribution in [0.5, 0.6) is 0 Å². The van der Waals surface area contributed by atoms with Crippen molar-refractivity contribution in [1.82, 2.24) is 0 Å². The summed E-state index contributed by atoms with van der Waals surface area (Å²) in [6, 6.07) is 0. The molecule has 0 aliphatic rings. The maximum Gasteiger partial charge on any atom is 0.136 e. The molecule has 0 aromatic rings. The van der Waals surface area contributed by atoms with Crippen LogP contribution in [0.4, 0.5) is 0 Å². The third kappa shape index (κ3) is 7.50. The summed E-state index contributed by atoms with van der Waals surface area (Å²) in [7, 11) is 6.33. The molecule has 9 heavy (non-hydrogen) atoms. The van der Waals surface area contributed by atoms with Crippen molar-refractivity contribution in [1.29, 1.82) is 0 Å². The minimum absolute atomic E-state index is 0.694. The summed E-state index contributed by atoms with van der Waals surface area (Å²) in [5.74, 6) is 0. The van der Waals surface area contributed by atoms with Crippen LogP contribution < -0.4 is 0 Å². The van der Waals surface area contributed by atoms with Crippen LogP contribution >= 0.6 is 0 Å². The SMILES string of the molecule is [CH]=COCC[N+](C)(C)C. The molecular formula is C7H15NO+. The normalized spacial score (nSPS) is 11.0. The van der Waals surface area contributed by atoms with E-state index in [9.17, 15) is 0 Å². The predicted molar refractivity (Wildman–Crippen MR) is 37.7 cm³/mol. The van der Waals surface area contributed by atoms with Crippen LogP contribution in [0.25, 0.3) is 0 Å². The minimum atomic E-state index is 0.694. The Morgan fingerprint density at radius 1 is 1.44 bits per heavy atom. The first-order valence-corrected chi connectivity index (χ1v) is 3.02. The third-order valence-corrected chi connectivity index (χ3v) is 0.976. The number of nitrogens with zero attached hydrogens (tertiary/aromatic N) is 1. The molecule has 0 spiro atoms. The fourth-order valence-corrected chi connectivity index (χ4v) is 0.395. The van der Waals surface area contributed by atoms with E-state index in [2.05, 4.69) is 21.1 Å². The first kappa shape index (κ1) is 8.50. The second-order valence-electron chi connectivity index (χ2n) is 3.02. The first-order chi connectivity index (χ1) is 4.06. The Kier molecular flexibility index (Phi) is 3.32. The second kappa shape index (κ2) is 3.51. The quantitative estimate of drug-likeness (QED) is 0.308. The molecule has 2 heteroatoms. The Bertz CT molecular complexity index is 83.4. The van der Waals surface area contributed by atoms with Gasteiger partial charge in [-0.1, -0.05) is 0 Å². The van der Waals surface area contributed by atoms with Crippen LogP contribution in [-0.2, 0) is 4.74 Å². The lowest BCUT2D eigenvalue weighted by atomic mass is 10.5. The molecule has 0 saturated heterocycles. The summed E-state index contributed by atoms with van der Waals surface area (Å²) in [5.41, 5.74) is 0. The van der Waals surface area contributed by atoms with Crippen molar-refractivity contribution in [2.75, 3.05) is 34.3 Å². The molecule has 0 aromatic carbocycles. The van der Waals surface area contributed by atoms with Gasteiger partial charge in [-0.05, 0) is 6.58 Å². The molecule has 0 heterocycles. The molecule has 0 rings (SSSR count). The van der Waals surface area contributed by atoms with Gasteiger partial charge in [0.25, 0.3) is 0 Å². The largest absolute Gasteiger partial charge is 0.495 e. The zero-order chi connectivity index (χ0) is 7.33. The molecule has 0 bridgehead atoms. The summed E-state index contributed by atoms with van der Waals surface area (Å²) in [6.07, 6.45) is 1.23. The highest BCUT2D eigenvalue weighted by Crippen LogP contribution is 1.88. The average molecular weight is 129 g/mol. The zero-order valence-corrected chi connectivity index (χ0v) is 6.42. The molecule has 1 radical (unpaired) electrons. The summed E-state index contributed by atoms with van der Waals surface area (Å²) in [5, 5.41) is 0. The van der Waals surface area contributed by atoms with Crippen molar-refractivity contribution in [3.63, 3.8) is 0 Å². The fraction of sp³-hybridized carbons (Fsp3) is 0.714. The predicted octanol–water partition coefficient (Wildman–Crippen LogP) is 0.656. The van der Waals surface area contributed by atoms with E-state index < -0.39 is 0 Å². The lowest BCUT2D eigenvalue weighted by molar-refractivity contribution is -0.870. The molecule has 0 aliphatic heterocycles. The molecule has 0 fully saturated rings. The molecule has 0 aliphatic carbocycles. The Morgan fingerprint density at radius 2 is 2.00 bits per heavy atom. The van der Waals surface area contributed by atoms with Crippen LogP contribution in [0.3, 0.4) is 0 Å². The number of ether oxygens (including phenoxy) is 1. The van der Waals surface area contributed by atoms with Crippen molar-refractivity contribution in [3.8, 4) is 0 Å². The number of hydrogen-bond acceptors (Lipinski definition) is 1. The Balaban J connectivity index is 3.17. The van der Waals surface area contributed by atoms with E-state index in [0.29, 0.717) is 6.61 Å². The molecule has 0 amide bonds. The van der Waals surface area contributed by atoms with Gasteiger partial charge in [0.05, 0.1) is 27.4 Å². The van der Waals surface area contributed by atoms with Gasteiger partial charge in [-0.3, -0.25) is 0 Å². The van der Waals surface area contributed by atoms with E-state index in [1.807, 2.05) is 0 Å². The molecule has 2 nitrogen and oxygen atoms in total.